The summed E-state index contributed by atoms with van der Waals surface area (Å²) in [5.41, 5.74) is 1.41. The van der Waals surface area contributed by atoms with E-state index < -0.39 is 0 Å². The van der Waals surface area contributed by atoms with E-state index in [1.165, 1.54) is 12.0 Å². The quantitative estimate of drug-likeness (QED) is 0.594. The Morgan fingerprint density at radius 1 is 1.41 bits per heavy atom. The molecule has 1 aromatic carbocycles. The lowest BCUT2D eigenvalue weighted by Crippen LogP contribution is -2.20. The number of likely N-dealkylation sites (tertiary alicyclic amines) is 1. The van der Waals surface area contributed by atoms with E-state index >= 15 is 0 Å². The summed E-state index contributed by atoms with van der Waals surface area (Å²) in [5, 5.41) is 10.6. The second-order valence-electron chi connectivity index (χ2n) is 4.63. The van der Waals surface area contributed by atoms with Crippen LogP contribution in [0, 0.1) is 10.1 Å². The monoisotopic (exact) mass is 234 g/mol. The zero-order valence-electron chi connectivity index (χ0n) is 10.1. The fourth-order valence-electron chi connectivity index (χ4n) is 2.49. The van der Waals surface area contributed by atoms with Crippen molar-refractivity contribution in [3.05, 3.63) is 39.9 Å². The molecule has 0 bridgehead atoms. The topological polar surface area (TPSA) is 46.4 Å². The Morgan fingerprint density at radius 2 is 2.12 bits per heavy atom. The van der Waals surface area contributed by atoms with Gasteiger partial charge in [-0.25, -0.2) is 0 Å². The van der Waals surface area contributed by atoms with Gasteiger partial charge in [0.05, 0.1) is 4.92 Å². The number of non-ortho nitro benzene ring substituents is 1. The number of rotatable bonds is 4. The molecule has 4 nitrogen and oxygen atoms in total. The van der Waals surface area contributed by atoms with Crippen molar-refractivity contribution in [1.82, 2.24) is 4.90 Å². The molecule has 0 unspecified atom stereocenters. The number of benzene rings is 1. The molecule has 17 heavy (non-hydrogen) atoms. The summed E-state index contributed by atoms with van der Waals surface area (Å²) in [6.45, 7) is 5.59. The molecule has 4 heteroatoms. The van der Waals surface area contributed by atoms with Crippen LogP contribution in [0.2, 0.25) is 0 Å². The summed E-state index contributed by atoms with van der Waals surface area (Å²) in [7, 11) is 0. The molecule has 0 N–H and O–H groups in total. The highest BCUT2D eigenvalue weighted by Crippen LogP contribution is 2.28. The van der Waals surface area contributed by atoms with Gasteiger partial charge in [-0.2, -0.15) is 0 Å². The van der Waals surface area contributed by atoms with Crippen LogP contribution in [0.15, 0.2) is 24.3 Å². The molecule has 2 rings (SSSR count). The SMILES string of the molecule is CCCN1CC[C@@H](c2ccc([N+](=O)[O-])cc2)C1. The Labute approximate surface area is 101 Å². The van der Waals surface area contributed by atoms with Crippen LogP contribution in [0.4, 0.5) is 5.69 Å². The molecule has 0 saturated carbocycles. The van der Waals surface area contributed by atoms with E-state index in [4.69, 9.17) is 0 Å². The predicted molar refractivity (Wildman–Crippen MR) is 67.2 cm³/mol. The summed E-state index contributed by atoms with van der Waals surface area (Å²) in [4.78, 5) is 12.7. The van der Waals surface area contributed by atoms with E-state index in [2.05, 4.69) is 11.8 Å². The summed E-state index contributed by atoms with van der Waals surface area (Å²) >= 11 is 0. The Bertz CT molecular complexity index is 389. The van der Waals surface area contributed by atoms with Crippen molar-refractivity contribution in [2.45, 2.75) is 25.7 Å². The van der Waals surface area contributed by atoms with Crippen LogP contribution in [-0.4, -0.2) is 29.5 Å². The molecule has 1 aliphatic heterocycles. The smallest absolute Gasteiger partial charge is 0.269 e. The molecule has 1 saturated heterocycles. The van der Waals surface area contributed by atoms with E-state index in [9.17, 15) is 10.1 Å². The molecule has 1 atom stereocenters. The normalized spacial score (nSPS) is 20.6. The molecule has 0 spiro atoms. The summed E-state index contributed by atoms with van der Waals surface area (Å²) in [6.07, 6.45) is 2.35. The summed E-state index contributed by atoms with van der Waals surface area (Å²) < 4.78 is 0. The van der Waals surface area contributed by atoms with Crippen LogP contribution in [0.1, 0.15) is 31.2 Å². The van der Waals surface area contributed by atoms with E-state index in [1.54, 1.807) is 12.1 Å². The van der Waals surface area contributed by atoms with Gasteiger partial charge in [0, 0.05) is 18.7 Å². The lowest BCUT2D eigenvalue weighted by Gasteiger charge is -2.14. The van der Waals surface area contributed by atoms with Crippen LogP contribution >= 0.6 is 0 Å². The second-order valence-corrected chi connectivity index (χ2v) is 4.63. The highest BCUT2D eigenvalue weighted by Gasteiger charge is 2.23. The van der Waals surface area contributed by atoms with Gasteiger partial charge in [-0.1, -0.05) is 19.1 Å². The Kier molecular flexibility index (Phi) is 3.74. The third-order valence-corrected chi connectivity index (χ3v) is 3.39. The van der Waals surface area contributed by atoms with E-state index in [-0.39, 0.29) is 10.6 Å². The molecule has 1 aromatic rings. The first-order valence-electron chi connectivity index (χ1n) is 6.17. The fraction of sp³-hybridized carbons (Fsp3) is 0.538. The lowest BCUT2D eigenvalue weighted by atomic mass is 9.98. The van der Waals surface area contributed by atoms with Gasteiger partial charge in [0.25, 0.3) is 5.69 Å². The Morgan fingerprint density at radius 3 is 2.71 bits per heavy atom. The zero-order chi connectivity index (χ0) is 12.3. The first kappa shape index (κ1) is 12.0. The molecule has 0 aromatic heterocycles. The van der Waals surface area contributed by atoms with Gasteiger partial charge in [0.15, 0.2) is 0 Å². The van der Waals surface area contributed by atoms with Gasteiger partial charge in [-0.3, -0.25) is 10.1 Å². The average Bonchev–Trinajstić information content (AvgIpc) is 2.78. The third kappa shape index (κ3) is 2.82. The van der Waals surface area contributed by atoms with Gasteiger partial charge < -0.3 is 4.90 Å². The zero-order valence-corrected chi connectivity index (χ0v) is 10.1. The van der Waals surface area contributed by atoms with Gasteiger partial charge in [0.1, 0.15) is 0 Å². The Hall–Kier alpha value is -1.42. The largest absolute Gasteiger partial charge is 0.303 e. The van der Waals surface area contributed by atoms with Crippen molar-refractivity contribution in [1.29, 1.82) is 0 Å². The van der Waals surface area contributed by atoms with Gasteiger partial charge in [-0.15, -0.1) is 0 Å². The maximum Gasteiger partial charge on any atom is 0.269 e. The summed E-state index contributed by atoms with van der Waals surface area (Å²) in [6, 6.07) is 7.02. The minimum Gasteiger partial charge on any atom is -0.303 e. The van der Waals surface area contributed by atoms with Crippen molar-refractivity contribution < 1.29 is 4.92 Å². The molecule has 0 radical (unpaired) electrons. The molecule has 0 aliphatic carbocycles. The third-order valence-electron chi connectivity index (χ3n) is 3.39. The number of nitro benzene ring substituents is 1. The molecule has 1 aliphatic rings. The van der Waals surface area contributed by atoms with Crippen molar-refractivity contribution in [3.63, 3.8) is 0 Å². The maximum absolute atomic E-state index is 10.6. The van der Waals surface area contributed by atoms with Crippen molar-refractivity contribution in [2.24, 2.45) is 0 Å². The Balaban J connectivity index is 2.01. The fourth-order valence-corrected chi connectivity index (χ4v) is 2.49. The van der Waals surface area contributed by atoms with Crippen molar-refractivity contribution in [3.8, 4) is 0 Å². The van der Waals surface area contributed by atoms with Crippen LogP contribution in [0.5, 0.6) is 0 Å². The lowest BCUT2D eigenvalue weighted by molar-refractivity contribution is -0.384. The van der Waals surface area contributed by atoms with Crippen molar-refractivity contribution in [2.75, 3.05) is 19.6 Å². The van der Waals surface area contributed by atoms with E-state index in [1.807, 2.05) is 12.1 Å². The average molecular weight is 234 g/mol. The van der Waals surface area contributed by atoms with Gasteiger partial charge >= 0.3 is 0 Å². The number of hydrogen-bond acceptors (Lipinski definition) is 3. The molecule has 92 valence electrons. The molecule has 1 fully saturated rings. The molecule has 1 heterocycles. The standard InChI is InChI=1S/C13H18N2O2/c1-2-8-14-9-7-12(10-14)11-3-5-13(6-4-11)15(16)17/h3-6,12H,2,7-10H2,1H3/t12-/m1/s1. The maximum atomic E-state index is 10.6. The van der Waals surface area contributed by atoms with Crippen LogP contribution in [0.3, 0.4) is 0 Å². The number of nitrogens with zero attached hydrogens (tertiary/aromatic N) is 2. The van der Waals surface area contributed by atoms with Gasteiger partial charge in [0.2, 0.25) is 0 Å². The van der Waals surface area contributed by atoms with Crippen LogP contribution in [-0.2, 0) is 0 Å². The highest BCUT2D eigenvalue weighted by atomic mass is 16.6. The van der Waals surface area contributed by atoms with Crippen LogP contribution in [0.25, 0.3) is 0 Å². The minimum atomic E-state index is -0.345. The number of nitro groups is 1. The minimum absolute atomic E-state index is 0.178. The second kappa shape index (κ2) is 5.27. The van der Waals surface area contributed by atoms with Gasteiger partial charge in [-0.05, 0) is 37.4 Å². The molecule has 0 amide bonds. The number of hydrogen-bond donors (Lipinski definition) is 0. The van der Waals surface area contributed by atoms with Crippen molar-refractivity contribution >= 4 is 5.69 Å². The first-order chi connectivity index (χ1) is 8.20. The predicted octanol–water partition coefficient (Wildman–Crippen LogP) is 2.79. The van der Waals surface area contributed by atoms with E-state index in [0.717, 1.165) is 26.1 Å². The summed E-state index contributed by atoms with van der Waals surface area (Å²) in [5.74, 6) is 0.544. The molecular weight excluding hydrogens is 216 g/mol. The highest BCUT2D eigenvalue weighted by molar-refractivity contribution is 5.34. The molecular formula is C13H18N2O2. The van der Waals surface area contributed by atoms with Crippen LogP contribution < -0.4 is 0 Å². The van der Waals surface area contributed by atoms with E-state index in [0.29, 0.717) is 5.92 Å². The first-order valence-corrected chi connectivity index (χ1v) is 6.17.